The molecule has 0 spiro atoms. The van der Waals surface area contributed by atoms with E-state index in [-0.39, 0.29) is 42.0 Å². The van der Waals surface area contributed by atoms with Crippen molar-refractivity contribution in [3.8, 4) is 5.75 Å². The third-order valence-electron chi connectivity index (χ3n) is 10.7. The number of rotatable bonds is 9. The molecule has 0 aliphatic carbocycles. The summed E-state index contributed by atoms with van der Waals surface area (Å²) >= 11 is 0. The number of para-hydroxylation sites is 1. The fraction of sp³-hybridized carbons (Fsp3) is 0.556. The highest BCUT2D eigenvalue weighted by Gasteiger charge is 2.36. The number of urea groups is 1. The molecule has 50 heavy (non-hydrogen) atoms. The molecule has 4 aliphatic rings. The van der Waals surface area contributed by atoms with E-state index in [1.807, 2.05) is 29.2 Å². The van der Waals surface area contributed by atoms with Crippen molar-refractivity contribution in [3.63, 3.8) is 0 Å². The number of carboxylic acids is 1. The molecule has 2 aromatic carbocycles. The fourth-order valence-electron chi connectivity index (χ4n) is 7.69. The van der Waals surface area contributed by atoms with Crippen molar-refractivity contribution in [1.82, 2.24) is 24.5 Å². The highest BCUT2D eigenvalue weighted by molar-refractivity contribution is 6.34. The number of carbonyl (C=O) groups is 4. The maximum Gasteiger partial charge on any atom is 0.410 e. The number of amides is 4. The molecular formula is C36H47BN6O7. The van der Waals surface area contributed by atoms with E-state index in [1.54, 1.807) is 21.9 Å². The van der Waals surface area contributed by atoms with E-state index in [0.717, 1.165) is 43.6 Å². The van der Waals surface area contributed by atoms with Gasteiger partial charge < -0.3 is 39.9 Å². The largest absolute Gasteiger partial charge is 0.509 e. The number of likely N-dealkylation sites (tertiary alicyclic amines) is 2. The minimum absolute atomic E-state index is 0.0148. The maximum absolute atomic E-state index is 14.0. The first-order valence-corrected chi connectivity index (χ1v) is 17.8. The van der Waals surface area contributed by atoms with E-state index in [9.17, 15) is 24.3 Å². The zero-order valence-corrected chi connectivity index (χ0v) is 28.5. The number of aromatic hydroxyl groups is 1. The normalized spacial score (nSPS) is 20.5. The Kier molecular flexibility index (Phi) is 11.5. The molecule has 0 unspecified atom stereocenters. The standard InChI is InChI=1S/C36H47BN6O7/c37-29-23-25(5-6-31(29)44)24-32(34(47)41-21-19-40(20-22-41)27-8-13-39(14-9-27)15-12-33(45)46)50-36(49)42-16-10-28(11-17-42)43-18-7-26-3-1-2-4-30(26)38-35(43)48/h1-6,23,27-28,32,44H,7-22,24H2,(H,38,48)(H,45,46)/t32-/m1/s1. The number of aliphatic carboxylic acids is 1. The monoisotopic (exact) mass is 686 g/mol. The summed E-state index contributed by atoms with van der Waals surface area (Å²) in [5.74, 6) is -1.09. The van der Waals surface area contributed by atoms with E-state index in [4.69, 9.17) is 17.7 Å². The number of nitrogens with zero attached hydrogens (tertiary/aromatic N) is 5. The van der Waals surface area contributed by atoms with Gasteiger partial charge in [-0.1, -0.05) is 35.8 Å². The number of fused-ring (bicyclic) bond motifs is 1. The molecule has 3 fully saturated rings. The second kappa shape index (κ2) is 16.2. The number of anilines is 1. The number of piperazine rings is 1. The van der Waals surface area contributed by atoms with Crippen LogP contribution in [0.5, 0.6) is 5.75 Å². The molecule has 4 aliphatic heterocycles. The van der Waals surface area contributed by atoms with Gasteiger partial charge in [0.25, 0.3) is 5.91 Å². The molecule has 13 nitrogen and oxygen atoms in total. The third-order valence-corrected chi connectivity index (χ3v) is 10.7. The van der Waals surface area contributed by atoms with Crippen LogP contribution in [0.3, 0.4) is 0 Å². The Bertz CT molecular complexity index is 1540. The van der Waals surface area contributed by atoms with Crippen LogP contribution in [0, 0.1) is 0 Å². The molecule has 6 rings (SSSR count). The van der Waals surface area contributed by atoms with Gasteiger partial charge in [-0.2, -0.15) is 0 Å². The van der Waals surface area contributed by atoms with Crippen LogP contribution < -0.4 is 10.8 Å². The number of hydrogen-bond donors (Lipinski definition) is 3. The molecule has 4 heterocycles. The minimum atomic E-state index is -1.07. The summed E-state index contributed by atoms with van der Waals surface area (Å²) < 4.78 is 5.98. The summed E-state index contributed by atoms with van der Waals surface area (Å²) in [6.07, 6.45) is 2.53. The second-order valence-electron chi connectivity index (χ2n) is 13.8. The second-order valence-corrected chi connectivity index (χ2v) is 13.8. The Morgan fingerprint density at radius 2 is 1.58 bits per heavy atom. The first kappa shape index (κ1) is 35.5. The molecule has 266 valence electrons. The molecule has 3 N–H and O–H groups in total. The maximum atomic E-state index is 14.0. The number of hydrogen-bond acceptors (Lipinski definition) is 8. The number of benzene rings is 2. The molecule has 2 aromatic rings. The van der Waals surface area contributed by atoms with Crippen LogP contribution in [0.4, 0.5) is 15.3 Å². The molecule has 2 radical (unpaired) electrons. The lowest BCUT2D eigenvalue weighted by Gasteiger charge is -2.43. The van der Waals surface area contributed by atoms with Crippen molar-refractivity contribution in [3.05, 3.63) is 53.6 Å². The summed E-state index contributed by atoms with van der Waals surface area (Å²) in [4.78, 5) is 61.4. The lowest BCUT2D eigenvalue weighted by Crippen LogP contribution is -2.56. The van der Waals surface area contributed by atoms with Gasteiger partial charge in [-0.3, -0.25) is 14.5 Å². The van der Waals surface area contributed by atoms with E-state index < -0.39 is 18.2 Å². The van der Waals surface area contributed by atoms with Gasteiger partial charge in [-0.15, -0.1) is 0 Å². The summed E-state index contributed by atoms with van der Waals surface area (Å²) in [6.45, 7) is 6.14. The SMILES string of the molecule is [B]c1cc(C[C@@H](OC(=O)N2CCC(N3CCc4ccccc4NC3=O)CC2)C(=O)N2CCN(C3CCN(CCC(=O)O)CC3)CC2)ccc1O. The Morgan fingerprint density at radius 1 is 0.880 bits per heavy atom. The fourth-order valence-corrected chi connectivity index (χ4v) is 7.69. The van der Waals surface area contributed by atoms with Gasteiger partial charge in [0, 0.05) is 76.5 Å². The molecular weight excluding hydrogens is 639 g/mol. The number of carboxylic acid groups (broad SMARTS) is 1. The summed E-state index contributed by atoms with van der Waals surface area (Å²) in [7, 11) is 5.95. The zero-order chi connectivity index (χ0) is 35.2. The summed E-state index contributed by atoms with van der Waals surface area (Å²) in [5.41, 5.74) is 2.80. The highest BCUT2D eigenvalue weighted by atomic mass is 16.6. The van der Waals surface area contributed by atoms with Crippen molar-refractivity contribution < 1.29 is 34.1 Å². The van der Waals surface area contributed by atoms with Gasteiger partial charge in [-0.25, -0.2) is 9.59 Å². The van der Waals surface area contributed by atoms with Gasteiger partial charge in [-0.05, 0) is 68.5 Å². The lowest BCUT2D eigenvalue weighted by molar-refractivity contribution is -0.143. The number of nitrogens with one attached hydrogen (secondary N) is 1. The molecule has 4 amide bonds. The van der Waals surface area contributed by atoms with Gasteiger partial charge >= 0.3 is 18.1 Å². The van der Waals surface area contributed by atoms with Crippen molar-refractivity contribution in [2.45, 2.75) is 63.1 Å². The molecule has 0 bridgehead atoms. The molecule has 0 aromatic heterocycles. The Balaban J connectivity index is 1.04. The number of carbonyl (C=O) groups excluding carboxylic acids is 3. The van der Waals surface area contributed by atoms with Crippen molar-refractivity contribution in [1.29, 1.82) is 0 Å². The van der Waals surface area contributed by atoms with Crippen LogP contribution in [0.2, 0.25) is 0 Å². The van der Waals surface area contributed by atoms with Crippen LogP contribution in [0.1, 0.15) is 43.2 Å². The van der Waals surface area contributed by atoms with Crippen molar-refractivity contribution in [2.75, 3.05) is 70.8 Å². The molecule has 3 saturated heterocycles. The molecule has 0 saturated carbocycles. The van der Waals surface area contributed by atoms with Gasteiger partial charge in [0.15, 0.2) is 6.10 Å². The predicted molar refractivity (Wildman–Crippen MR) is 188 cm³/mol. The van der Waals surface area contributed by atoms with E-state index in [1.165, 1.54) is 6.07 Å². The van der Waals surface area contributed by atoms with Crippen LogP contribution in [-0.4, -0.2) is 150 Å². The van der Waals surface area contributed by atoms with Gasteiger partial charge in [0.1, 0.15) is 13.6 Å². The number of phenols is 1. The van der Waals surface area contributed by atoms with Gasteiger partial charge in [0.2, 0.25) is 0 Å². The first-order chi connectivity index (χ1) is 24.1. The van der Waals surface area contributed by atoms with E-state index >= 15 is 0 Å². The topological polar surface area (TPSA) is 146 Å². The van der Waals surface area contributed by atoms with Crippen LogP contribution >= 0.6 is 0 Å². The zero-order valence-electron chi connectivity index (χ0n) is 28.5. The lowest BCUT2D eigenvalue weighted by atomic mass is 9.91. The minimum Gasteiger partial charge on any atom is -0.509 e. The van der Waals surface area contributed by atoms with Crippen molar-refractivity contribution >= 4 is 43.0 Å². The van der Waals surface area contributed by atoms with Crippen molar-refractivity contribution in [2.24, 2.45) is 0 Å². The average molecular weight is 687 g/mol. The third kappa shape index (κ3) is 8.70. The van der Waals surface area contributed by atoms with Crippen LogP contribution in [0.15, 0.2) is 42.5 Å². The predicted octanol–water partition coefficient (Wildman–Crippen LogP) is 1.87. The summed E-state index contributed by atoms with van der Waals surface area (Å²) in [6, 6.07) is 12.8. The van der Waals surface area contributed by atoms with E-state index in [0.29, 0.717) is 76.8 Å². The smallest absolute Gasteiger partial charge is 0.410 e. The summed E-state index contributed by atoms with van der Waals surface area (Å²) in [5, 5.41) is 22.0. The van der Waals surface area contributed by atoms with Crippen LogP contribution in [-0.2, 0) is 27.2 Å². The first-order valence-electron chi connectivity index (χ1n) is 17.8. The van der Waals surface area contributed by atoms with E-state index in [2.05, 4.69) is 15.1 Å². The number of ether oxygens (including phenoxy) is 1. The number of phenolic OH excluding ortho intramolecular Hbond substituents is 1. The quantitative estimate of drug-likeness (QED) is 0.337. The average Bonchev–Trinajstić information content (AvgIpc) is 3.30. The molecule has 14 heteroatoms. The highest BCUT2D eigenvalue weighted by Crippen LogP contribution is 2.26. The Hall–Kier alpha value is -4.30. The Labute approximate surface area is 294 Å². The number of piperidine rings is 2. The Morgan fingerprint density at radius 3 is 2.28 bits per heavy atom. The van der Waals surface area contributed by atoms with Crippen LogP contribution in [0.25, 0.3) is 0 Å². The van der Waals surface area contributed by atoms with Gasteiger partial charge in [0.05, 0.1) is 6.42 Å². The molecule has 1 atom stereocenters.